The fraction of sp³-hybridized carbons (Fsp3) is 0.714. The maximum Gasteiger partial charge on any atom is -0.00161 e. The van der Waals surface area contributed by atoms with E-state index in [1.807, 2.05) is 0 Å². The Bertz CT molecular complexity index is 365. The Hall–Kier alpha value is -0.820. The molecule has 0 saturated carbocycles. The molecule has 0 spiro atoms. The third-order valence-electron chi connectivity index (χ3n) is 5.21. The molecule has 0 amide bonds. The predicted octanol–water partition coefficient (Wildman–Crippen LogP) is 5.69. The first-order valence-electron chi connectivity index (χ1n) is 9.64. The number of hydrogen-bond donors (Lipinski definition) is 0. The van der Waals surface area contributed by atoms with Gasteiger partial charge in [-0.1, -0.05) is 69.4 Å². The highest BCUT2D eigenvalue weighted by molar-refractivity contribution is 5.14. The lowest BCUT2D eigenvalue weighted by Gasteiger charge is -2.32. The minimum atomic E-state index is 0.986. The summed E-state index contributed by atoms with van der Waals surface area (Å²) < 4.78 is 0. The second-order valence-electron chi connectivity index (χ2n) is 7.08. The van der Waals surface area contributed by atoms with E-state index >= 15 is 0 Å². The van der Waals surface area contributed by atoms with E-state index in [0.29, 0.717) is 0 Å². The zero-order valence-electron chi connectivity index (χ0n) is 14.6. The zero-order valence-corrected chi connectivity index (χ0v) is 14.6. The number of likely N-dealkylation sites (tertiary alicyclic amines) is 1. The number of nitrogens with zero attached hydrogens (tertiary/aromatic N) is 1. The topological polar surface area (TPSA) is 3.24 Å². The molecular weight excluding hydrogens is 266 g/mol. The molecule has 0 radical (unpaired) electrons. The number of benzene rings is 1. The van der Waals surface area contributed by atoms with Gasteiger partial charge in [0.2, 0.25) is 0 Å². The van der Waals surface area contributed by atoms with Crippen LogP contribution in [0, 0.1) is 5.92 Å². The molecule has 124 valence electrons. The van der Waals surface area contributed by atoms with E-state index in [-0.39, 0.29) is 0 Å². The molecular formula is C21H35N. The Morgan fingerprint density at radius 3 is 2.36 bits per heavy atom. The highest BCUT2D eigenvalue weighted by Gasteiger charge is 2.18. The molecule has 1 aromatic carbocycles. The third kappa shape index (κ3) is 6.96. The zero-order chi connectivity index (χ0) is 15.5. The fourth-order valence-corrected chi connectivity index (χ4v) is 3.68. The molecule has 1 heteroatoms. The second-order valence-corrected chi connectivity index (χ2v) is 7.08. The molecule has 2 rings (SSSR count). The van der Waals surface area contributed by atoms with Crippen LogP contribution in [-0.2, 0) is 6.42 Å². The van der Waals surface area contributed by atoms with Gasteiger partial charge in [0, 0.05) is 0 Å². The van der Waals surface area contributed by atoms with Crippen LogP contribution in [0.2, 0.25) is 0 Å². The lowest BCUT2D eigenvalue weighted by Crippen LogP contribution is -2.34. The fourth-order valence-electron chi connectivity index (χ4n) is 3.68. The Kier molecular flexibility index (Phi) is 8.63. The molecule has 22 heavy (non-hydrogen) atoms. The maximum absolute atomic E-state index is 2.71. The molecule has 0 atom stereocenters. The van der Waals surface area contributed by atoms with Gasteiger partial charge in [0.1, 0.15) is 0 Å². The molecule has 1 saturated heterocycles. The molecule has 0 aliphatic carbocycles. The summed E-state index contributed by atoms with van der Waals surface area (Å²) in [4.78, 5) is 2.71. The number of hydrogen-bond acceptors (Lipinski definition) is 1. The van der Waals surface area contributed by atoms with Gasteiger partial charge in [-0.3, -0.25) is 0 Å². The molecule has 1 heterocycles. The summed E-state index contributed by atoms with van der Waals surface area (Å²) in [5, 5.41) is 0. The number of piperidine rings is 1. The Labute approximate surface area is 138 Å². The summed E-state index contributed by atoms with van der Waals surface area (Å²) in [7, 11) is 0. The largest absolute Gasteiger partial charge is 0.303 e. The van der Waals surface area contributed by atoms with E-state index < -0.39 is 0 Å². The minimum Gasteiger partial charge on any atom is -0.303 e. The first-order chi connectivity index (χ1) is 10.9. The van der Waals surface area contributed by atoms with E-state index in [0.717, 1.165) is 5.92 Å². The van der Waals surface area contributed by atoms with Crippen LogP contribution in [0.4, 0.5) is 0 Å². The Morgan fingerprint density at radius 2 is 1.64 bits per heavy atom. The molecule has 0 aromatic heterocycles. The van der Waals surface area contributed by atoms with E-state index in [9.17, 15) is 0 Å². The van der Waals surface area contributed by atoms with Gasteiger partial charge in [-0.25, -0.2) is 0 Å². The van der Waals surface area contributed by atoms with E-state index in [2.05, 4.69) is 42.2 Å². The van der Waals surface area contributed by atoms with Crippen LogP contribution < -0.4 is 0 Å². The quantitative estimate of drug-likeness (QED) is 0.502. The first kappa shape index (κ1) is 17.5. The van der Waals surface area contributed by atoms with Crippen molar-refractivity contribution >= 4 is 0 Å². The monoisotopic (exact) mass is 301 g/mol. The van der Waals surface area contributed by atoms with Crippen molar-refractivity contribution in [3.8, 4) is 0 Å². The molecule has 1 aromatic rings. The van der Waals surface area contributed by atoms with Crippen molar-refractivity contribution in [2.24, 2.45) is 5.92 Å². The van der Waals surface area contributed by atoms with Gasteiger partial charge >= 0.3 is 0 Å². The molecule has 1 fully saturated rings. The molecule has 0 bridgehead atoms. The second kappa shape index (κ2) is 10.8. The van der Waals surface area contributed by atoms with Crippen LogP contribution in [0.15, 0.2) is 30.3 Å². The molecule has 0 unspecified atom stereocenters. The summed E-state index contributed by atoms with van der Waals surface area (Å²) in [5.74, 6) is 0.986. The summed E-state index contributed by atoms with van der Waals surface area (Å²) in [6.45, 7) is 6.34. The van der Waals surface area contributed by atoms with Gasteiger partial charge in [0.05, 0.1) is 0 Å². The highest BCUT2D eigenvalue weighted by Crippen LogP contribution is 2.23. The van der Waals surface area contributed by atoms with Crippen molar-refractivity contribution in [2.75, 3.05) is 19.6 Å². The summed E-state index contributed by atoms with van der Waals surface area (Å²) in [6.07, 6.45) is 14.0. The van der Waals surface area contributed by atoms with Gasteiger partial charge in [-0.2, -0.15) is 0 Å². The van der Waals surface area contributed by atoms with Gasteiger partial charge in [-0.05, 0) is 63.2 Å². The third-order valence-corrected chi connectivity index (χ3v) is 5.21. The number of rotatable bonds is 10. The van der Waals surface area contributed by atoms with E-state index in [1.54, 1.807) is 0 Å². The van der Waals surface area contributed by atoms with Crippen molar-refractivity contribution in [1.82, 2.24) is 4.90 Å². The van der Waals surface area contributed by atoms with Gasteiger partial charge in [-0.15, -0.1) is 0 Å². The SMILES string of the molecule is CCCCCCCN1CCC(CCCc2ccccc2)CC1. The van der Waals surface area contributed by atoms with Crippen LogP contribution in [0.25, 0.3) is 0 Å². The minimum absolute atomic E-state index is 0.986. The maximum atomic E-state index is 2.71. The van der Waals surface area contributed by atoms with Gasteiger partial charge in [0.15, 0.2) is 0 Å². The number of unbranched alkanes of at least 4 members (excludes halogenated alkanes) is 4. The molecule has 1 aliphatic heterocycles. The average Bonchev–Trinajstić information content (AvgIpc) is 2.57. The van der Waals surface area contributed by atoms with Crippen LogP contribution in [0.1, 0.15) is 70.3 Å². The van der Waals surface area contributed by atoms with E-state index in [1.165, 1.54) is 89.4 Å². The normalized spacial score (nSPS) is 17.0. The van der Waals surface area contributed by atoms with Crippen molar-refractivity contribution in [3.05, 3.63) is 35.9 Å². The summed E-state index contributed by atoms with van der Waals surface area (Å²) in [5.41, 5.74) is 1.51. The van der Waals surface area contributed by atoms with Crippen LogP contribution >= 0.6 is 0 Å². The predicted molar refractivity (Wildman–Crippen MR) is 97.3 cm³/mol. The van der Waals surface area contributed by atoms with Gasteiger partial charge in [0.25, 0.3) is 0 Å². The van der Waals surface area contributed by atoms with Crippen molar-refractivity contribution in [3.63, 3.8) is 0 Å². The molecule has 1 nitrogen and oxygen atoms in total. The van der Waals surface area contributed by atoms with Crippen LogP contribution in [-0.4, -0.2) is 24.5 Å². The van der Waals surface area contributed by atoms with Crippen molar-refractivity contribution in [1.29, 1.82) is 0 Å². The number of aryl methyl sites for hydroxylation is 1. The van der Waals surface area contributed by atoms with Crippen LogP contribution in [0.3, 0.4) is 0 Å². The average molecular weight is 302 g/mol. The standard InChI is InChI=1S/C21H35N/c1-2-3-4-5-9-17-22-18-15-21(16-19-22)14-10-13-20-11-7-6-8-12-20/h6-8,11-12,21H,2-5,9-10,13-19H2,1H3. The Balaban J connectivity index is 1.50. The van der Waals surface area contributed by atoms with E-state index in [4.69, 9.17) is 0 Å². The van der Waals surface area contributed by atoms with Crippen molar-refractivity contribution in [2.45, 2.75) is 71.1 Å². The van der Waals surface area contributed by atoms with Gasteiger partial charge < -0.3 is 4.90 Å². The lowest BCUT2D eigenvalue weighted by molar-refractivity contribution is 0.175. The molecule has 1 aliphatic rings. The van der Waals surface area contributed by atoms with Crippen molar-refractivity contribution < 1.29 is 0 Å². The Morgan fingerprint density at radius 1 is 0.909 bits per heavy atom. The highest BCUT2D eigenvalue weighted by atomic mass is 15.1. The lowest BCUT2D eigenvalue weighted by atomic mass is 9.90. The van der Waals surface area contributed by atoms with Crippen LogP contribution in [0.5, 0.6) is 0 Å². The summed E-state index contributed by atoms with van der Waals surface area (Å²) >= 11 is 0. The molecule has 0 N–H and O–H groups in total. The smallest absolute Gasteiger partial charge is 0.00161 e. The summed E-state index contributed by atoms with van der Waals surface area (Å²) in [6, 6.07) is 11.0. The first-order valence-corrected chi connectivity index (χ1v) is 9.64.